The SMILES string of the molecule is CCN(CC)C(=O)c1ccc(-c2ccc3c(c2)COC(C2CCNCC2)O3)cc1. The summed E-state index contributed by atoms with van der Waals surface area (Å²) in [6.45, 7) is 8.10. The smallest absolute Gasteiger partial charge is 0.253 e. The molecule has 5 heteroatoms. The predicted octanol–water partition coefficient (Wildman–Crippen LogP) is 4.07. The Labute approximate surface area is 173 Å². The molecule has 0 radical (unpaired) electrons. The van der Waals surface area contributed by atoms with Gasteiger partial charge in [-0.25, -0.2) is 0 Å². The number of hydrogen-bond donors (Lipinski definition) is 1. The lowest BCUT2D eigenvalue weighted by molar-refractivity contribution is -0.145. The van der Waals surface area contributed by atoms with Gasteiger partial charge in [0.05, 0.1) is 6.61 Å². The van der Waals surface area contributed by atoms with Gasteiger partial charge in [-0.2, -0.15) is 0 Å². The van der Waals surface area contributed by atoms with Gasteiger partial charge in [0.1, 0.15) is 5.75 Å². The normalized spacial score (nSPS) is 19.3. The molecule has 29 heavy (non-hydrogen) atoms. The molecule has 1 atom stereocenters. The molecule has 2 aromatic carbocycles. The highest BCUT2D eigenvalue weighted by atomic mass is 16.7. The molecule has 4 rings (SSSR count). The van der Waals surface area contributed by atoms with Gasteiger partial charge in [-0.05, 0) is 75.2 Å². The molecule has 5 nitrogen and oxygen atoms in total. The minimum Gasteiger partial charge on any atom is -0.464 e. The Hall–Kier alpha value is -2.37. The number of amides is 1. The third kappa shape index (κ3) is 4.31. The van der Waals surface area contributed by atoms with Crippen molar-refractivity contribution >= 4 is 5.91 Å². The van der Waals surface area contributed by atoms with Crippen molar-refractivity contribution in [1.29, 1.82) is 0 Å². The zero-order valence-electron chi connectivity index (χ0n) is 17.3. The van der Waals surface area contributed by atoms with Gasteiger partial charge in [0, 0.05) is 30.1 Å². The van der Waals surface area contributed by atoms with E-state index in [1.54, 1.807) is 0 Å². The standard InChI is InChI=1S/C24H30N2O3/c1-3-26(4-2)23(27)18-7-5-17(6-8-18)20-9-10-22-21(15-20)16-28-24(29-22)19-11-13-25-14-12-19/h5-10,15,19,24-25H,3-4,11-14,16H2,1-2H3. The van der Waals surface area contributed by atoms with Crippen molar-refractivity contribution in [3.05, 3.63) is 53.6 Å². The van der Waals surface area contributed by atoms with Crippen molar-refractivity contribution in [2.24, 2.45) is 5.92 Å². The van der Waals surface area contributed by atoms with E-state index in [0.29, 0.717) is 12.5 Å². The first kappa shape index (κ1) is 19.9. The first-order valence-corrected chi connectivity index (χ1v) is 10.7. The van der Waals surface area contributed by atoms with Crippen LogP contribution in [0.3, 0.4) is 0 Å². The fraction of sp³-hybridized carbons (Fsp3) is 0.458. The minimum atomic E-state index is -0.138. The van der Waals surface area contributed by atoms with Crippen LogP contribution >= 0.6 is 0 Å². The number of rotatable bonds is 5. The summed E-state index contributed by atoms with van der Waals surface area (Å²) in [5.74, 6) is 1.47. The monoisotopic (exact) mass is 394 g/mol. The molecule has 0 saturated carbocycles. The van der Waals surface area contributed by atoms with Crippen LogP contribution in [0, 0.1) is 5.92 Å². The maximum atomic E-state index is 12.5. The van der Waals surface area contributed by atoms with E-state index < -0.39 is 0 Å². The fourth-order valence-electron chi connectivity index (χ4n) is 4.17. The van der Waals surface area contributed by atoms with Gasteiger partial charge in [0.25, 0.3) is 5.91 Å². The van der Waals surface area contributed by atoms with Crippen molar-refractivity contribution in [3.8, 4) is 16.9 Å². The van der Waals surface area contributed by atoms with Gasteiger partial charge >= 0.3 is 0 Å². The van der Waals surface area contributed by atoms with Crippen molar-refractivity contribution < 1.29 is 14.3 Å². The highest BCUT2D eigenvalue weighted by molar-refractivity contribution is 5.94. The molecule has 0 bridgehead atoms. The minimum absolute atomic E-state index is 0.0812. The van der Waals surface area contributed by atoms with E-state index in [0.717, 1.165) is 67.0 Å². The van der Waals surface area contributed by atoms with E-state index >= 15 is 0 Å². The molecule has 2 aliphatic rings. The molecule has 0 aliphatic carbocycles. The van der Waals surface area contributed by atoms with Crippen LogP contribution in [0.25, 0.3) is 11.1 Å². The molecule has 1 fully saturated rings. The summed E-state index contributed by atoms with van der Waals surface area (Å²) in [5, 5.41) is 3.39. The first-order chi connectivity index (χ1) is 14.2. The third-order valence-corrected chi connectivity index (χ3v) is 5.99. The van der Waals surface area contributed by atoms with Crippen molar-refractivity contribution in [2.75, 3.05) is 26.2 Å². The van der Waals surface area contributed by atoms with Crippen molar-refractivity contribution in [2.45, 2.75) is 39.6 Å². The number of carbonyl (C=O) groups is 1. The maximum Gasteiger partial charge on any atom is 0.253 e. The lowest BCUT2D eigenvalue weighted by Crippen LogP contribution is -2.39. The van der Waals surface area contributed by atoms with Crippen LogP contribution in [0.4, 0.5) is 0 Å². The summed E-state index contributed by atoms with van der Waals surface area (Å²) < 4.78 is 12.2. The molecule has 1 amide bonds. The molecule has 2 aromatic rings. The summed E-state index contributed by atoms with van der Waals surface area (Å²) in [6, 6.07) is 14.1. The molecule has 2 heterocycles. The summed E-state index contributed by atoms with van der Waals surface area (Å²) in [4.78, 5) is 14.3. The van der Waals surface area contributed by atoms with Crippen LogP contribution in [-0.4, -0.2) is 43.3 Å². The van der Waals surface area contributed by atoms with E-state index in [1.807, 2.05) is 43.0 Å². The average molecular weight is 395 g/mol. The Morgan fingerprint density at radius 3 is 2.41 bits per heavy atom. The van der Waals surface area contributed by atoms with Crippen LogP contribution in [0.15, 0.2) is 42.5 Å². The Kier molecular flexibility index (Phi) is 6.16. The Bertz CT molecular complexity index is 840. The fourth-order valence-corrected chi connectivity index (χ4v) is 4.17. The largest absolute Gasteiger partial charge is 0.464 e. The van der Waals surface area contributed by atoms with Crippen LogP contribution in [0.2, 0.25) is 0 Å². The van der Waals surface area contributed by atoms with Crippen LogP contribution < -0.4 is 10.1 Å². The average Bonchev–Trinajstić information content (AvgIpc) is 2.80. The quantitative estimate of drug-likeness (QED) is 0.831. The maximum absolute atomic E-state index is 12.5. The van der Waals surface area contributed by atoms with Gasteiger partial charge in [0.15, 0.2) is 0 Å². The summed E-state index contributed by atoms with van der Waals surface area (Å²) >= 11 is 0. The third-order valence-electron chi connectivity index (χ3n) is 5.99. The summed E-state index contributed by atoms with van der Waals surface area (Å²) in [6.07, 6.45) is 2.05. The molecule has 0 spiro atoms. The molecule has 154 valence electrons. The van der Waals surface area contributed by atoms with Gasteiger partial charge < -0.3 is 19.7 Å². The van der Waals surface area contributed by atoms with E-state index in [4.69, 9.17) is 9.47 Å². The van der Waals surface area contributed by atoms with Gasteiger partial charge in [-0.15, -0.1) is 0 Å². The second-order valence-electron chi connectivity index (χ2n) is 7.76. The van der Waals surface area contributed by atoms with Crippen LogP contribution in [0.5, 0.6) is 5.75 Å². The Balaban J connectivity index is 1.47. The molecule has 1 unspecified atom stereocenters. The molecule has 2 aliphatic heterocycles. The zero-order chi connectivity index (χ0) is 20.2. The van der Waals surface area contributed by atoms with Gasteiger partial charge in [-0.3, -0.25) is 4.79 Å². The number of carbonyl (C=O) groups excluding carboxylic acids is 1. The number of hydrogen-bond acceptors (Lipinski definition) is 4. The lowest BCUT2D eigenvalue weighted by atomic mass is 9.96. The first-order valence-electron chi connectivity index (χ1n) is 10.7. The number of nitrogens with one attached hydrogen (secondary N) is 1. The van der Waals surface area contributed by atoms with Crippen LogP contribution in [-0.2, 0) is 11.3 Å². The molecule has 1 N–H and O–H groups in total. The van der Waals surface area contributed by atoms with E-state index in [2.05, 4.69) is 23.5 Å². The molecular weight excluding hydrogens is 364 g/mol. The highest BCUT2D eigenvalue weighted by Gasteiger charge is 2.29. The second-order valence-corrected chi connectivity index (χ2v) is 7.76. The highest BCUT2D eigenvalue weighted by Crippen LogP contribution is 2.34. The predicted molar refractivity (Wildman–Crippen MR) is 114 cm³/mol. The van der Waals surface area contributed by atoms with Crippen LogP contribution in [0.1, 0.15) is 42.6 Å². The van der Waals surface area contributed by atoms with E-state index in [9.17, 15) is 4.79 Å². The number of benzene rings is 2. The lowest BCUT2D eigenvalue weighted by Gasteiger charge is -2.34. The topological polar surface area (TPSA) is 50.8 Å². The summed E-state index contributed by atoms with van der Waals surface area (Å²) in [7, 11) is 0. The number of piperidine rings is 1. The van der Waals surface area contributed by atoms with Crippen molar-refractivity contribution in [1.82, 2.24) is 10.2 Å². The molecule has 1 saturated heterocycles. The molecule has 0 aromatic heterocycles. The van der Waals surface area contributed by atoms with Gasteiger partial charge in [0.2, 0.25) is 6.29 Å². The Morgan fingerprint density at radius 1 is 1.03 bits per heavy atom. The van der Waals surface area contributed by atoms with Gasteiger partial charge in [-0.1, -0.05) is 18.2 Å². The zero-order valence-corrected chi connectivity index (χ0v) is 17.3. The summed E-state index contributed by atoms with van der Waals surface area (Å²) in [5.41, 5.74) is 4.00. The molecular formula is C24H30N2O3. The van der Waals surface area contributed by atoms with Crippen molar-refractivity contribution in [3.63, 3.8) is 0 Å². The number of ether oxygens (including phenoxy) is 2. The number of nitrogens with zero attached hydrogens (tertiary/aromatic N) is 1. The number of fused-ring (bicyclic) bond motifs is 1. The second kappa shape index (κ2) is 8.97. The van der Waals surface area contributed by atoms with E-state index in [-0.39, 0.29) is 12.2 Å². The van der Waals surface area contributed by atoms with E-state index in [1.165, 1.54) is 0 Å². The Morgan fingerprint density at radius 2 is 1.72 bits per heavy atom.